The normalized spacial score (nSPS) is 23.4. The van der Waals surface area contributed by atoms with Gasteiger partial charge in [0, 0.05) is 11.8 Å². The molecule has 5 rings (SSSR count). The highest BCUT2D eigenvalue weighted by atomic mass is 16.1. The van der Waals surface area contributed by atoms with Gasteiger partial charge in [0.25, 0.3) is 0 Å². The first kappa shape index (κ1) is 18.6. The van der Waals surface area contributed by atoms with Crippen LogP contribution in [-0.4, -0.2) is 5.78 Å². The molecule has 4 aromatic rings. The van der Waals surface area contributed by atoms with Crippen molar-refractivity contribution in [2.24, 2.45) is 0 Å². The summed E-state index contributed by atoms with van der Waals surface area (Å²) in [6.45, 7) is 0. The van der Waals surface area contributed by atoms with Crippen molar-refractivity contribution in [3.8, 4) is 0 Å². The van der Waals surface area contributed by atoms with Crippen LogP contribution < -0.4 is 0 Å². The van der Waals surface area contributed by atoms with Gasteiger partial charge in [-0.25, -0.2) is 0 Å². The molecule has 1 heteroatoms. The molecule has 1 saturated carbocycles. The summed E-state index contributed by atoms with van der Waals surface area (Å²) in [5, 5.41) is 0. The third-order valence-corrected chi connectivity index (χ3v) is 6.40. The van der Waals surface area contributed by atoms with E-state index in [-0.39, 0.29) is 23.7 Å². The van der Waals surface area contributed by atoms with Crippen molar-refractivity contribution in [3.05, 3.63) is 144 Å². The molecule has 1 fully saturated rings. The lowest BCUT2D eigenvalue weighted by molar-refractivity contribution is -0.120. The second kappa shape index (κ2) is 8.12. The van der Waals surface area contributed by atoms with E-state index in [9.17, 15) is 4.79 Å². The molecule has 4 atom stereocenters. The van der Waals surface area contributed by atoms with Crippen LogP contribution in [0.3, 0.4) is 0 Å². The Morgan fingerprint density at radius 3 is 0.933 bits per heavy atom. The van der Waals surface area contributed by atoms with Gasteiger partial charge in [-0.2, -0.15) is 0 Å². The minimum Gasteiger partial charge on any atom is -0.298 e. The van der Waals surface area contributed by atoms with Crippen LogP contribution in [0.5, 0.6) is 0 Å². The Morgan fingerprint density at radius 1 is 0.367 bits per heavy atom. The SMILES string of the molecule is O=C1[C@H](c2ccccc2)[C@@H](c2ccccc2)[C@H](c2ccccc2)[C@@H]1c1ccccc1. The van der Waals surface area contributed by atoms with Crippen molar-refractivity contribution in [3.63, 3.8) is 0 Å². The van der Waals surface area contributed by atoms with Crippen molar-refractivity contribution in [2.75, 3.05) is 0 Å². The number of benzene rings is 4. The zero-order valence-corrected chi connectivity index (χ0v) is 16.8. The Labute approximate surface area is 178 Å². The summed E-state index contributed by atoms with van der Waals surface area (Å²) >= 11 is 0. The predicted molar refractivity (Wildman–Crippen MR) is 122 cm³/mol. The number of Topliss-reactive ketones (excluding diaryl/α,β-unsaturated/α-hetero) is 1. The molecule has 4 aromatic carbocycles. The molecule has 0 aromatic heterocycles. The maximum absolute atomic E-state index is 14.1. The van der Waals surface area contributed by atoms with Crippen LogP contribution in [0.1, 0.15) is 45.9 Å². The van der Waals surface area contributed by atoms with Crippen LogP contribution in [0.2, 0.25) is 0 Å². The topological polar surface area (TPSA) is 17.1 Å². The summed E-state index contributed by atoms with van der Waals surface area (Å²) in [5.41, 5.74) is 4.67. The van der Waals surface area contributed by atoms with E-state index in [0.29, 0.717) is 5.78 Å². The maximum atomic E-state index is 14.1. The molecule has 0 spiro atoms. The number of carbonyl (C=O) groups is 1. The van der Waals surface area contributed by atoms with Gasteiger partial charge in [0.15, 0.2) is 0 Å². The fraction of sp³-hybridized carbons (Fsp3) is 0.138. The van der Waals surface area contributed by atoms with E-state index >= 15 is 0 Å². The lowest BCUT2D eigenvalue weighted by Crippen LogP contribution is -2.14. The van der Waals surface area contributed by atoms with Gasteiger partial charge in [0.05, 0.1) is 11.8 Å². The molecule has 0 unspecified atom stereocenters. The molecule has 0 aliphatic heterocycles. The first-order valence-corrected chi connectivity index (χ1v) is 10.6. The number of ketones is 1. The van der Waals surface area contributed by atoms with Crippen molar-refractivity contribution in [1.82, 2.24) is 0 Å². The minimum absolute atomic E-state index is 0.0914. The molecule has 0 bridgehead atoms. The Kier molecular flexibility index (Phi) is 5.03. The summed E-state index contributed by atoms with van der Waals surface area (Å²) in [5.74, 6) is 0.172. The molecule has 0 heterocycles. The first-order chi connectivity index (χ1) is 14.8. The standard InChI is InChI=1S/C29H24O/c30-29-27(23-17-9-3-10-18-23)25(21-13-5-1-6-14-21)26(22-15-7-2-8-16-22)28(29)24-19-11-4-12-20-24/h1-20,25-28H/t25-,26-,27-,28+/m0/s1. The number of hydrogen-bond acceptors (Lipinski definition) is 1. The molecule has 0 radical (unpaired) electrons. The Hall–Kier alpha value is -3.45. The molecule has 1 aliphatic carbocycles. The van der Waals surface area contributed by atoms with Crippen LogP contribution in [0.4, 0.5) is 0 Å². The minimum atomic E-state index is -0.163. The van der Waals surface area contributed by atoms with E-state index in [2.05, 4.69) is 72.8 Å². The zero-order valence-electron chi connectivity index (χ0n) is 16.8. The first-order valence-electron chi connectivity index (χ1n) is 10.6. The van der Waals surface area contributed by atoms with Crippen LogP contribution in [0.15, 0.2) is 121 Å². The summed E-state index contributed by atoms with van der Waals surface area (Å²) < 4.78 is 0. The van der Waals surface area contributed by atoms with E-state index in [0.717, 1.165) is 11.1 Å². The van der Waals surface area contributed by atoms with Crippen LogP contribution in [-0.2, 0) is 4.79 Å². The predicted octanol–water partition coefficient (Wildman–Crippen LogP) is 6.70. The largest absolute Gasteiger partial charge is 0.298 e. The van der Waals surface area contributed by atoms with E-state index < -0.39 is 0 Å². The van der Waals surface area contributed by atoms with Crippen molar-refractivity contribution < 1.29 is 4.79 Å². The smallest absolute Gasteiger partial charge is 0.149 e. The lowest BCUT2D eigenvalue weighted by atomic mass is 9.75. The lowest BCUT2D eigenvalue weighted by Gasteiger charge is -2.27. The van der Waals surface area contributed by atoms with E-state index in [1.54, 1.807) is 0 Å². The van der Waals surface area contributed by atoms with Crippen molar-refractivity contribution in [1.29, 1.82) is 0 Å². The van der Waals surface area contributed by atoms with Crippen molar-refractivity contribution in [2.45, 2.75) is 23.7 Å². The van der Waals surface area contributed by atoms with Gasteiger partial charge in [-0.1, -0.05) is 121 Å². The van der Waals surface area contributed by atoms with Gasteiger partial charge in [-0.05, 0) is 22.3 Å². The van der Waals surface area contributed by atoms with Gasteiger partial charge in [0.2, 0.25) is 0 Å². The molecule has 1 aliphatic rings. The number of carbonyl (C=O) groups excluding carboxylic acids is 1. The van der Waals surface area contributed by atoms with Crippen molar-refractivity contribution >= 4 is 5.78 Å². The molecular weight excluding hydrogens is 364 g/mol. The Bertz CT molecular complexity index is 1010. The molecule has 1 nitrogen and oxygen atoms in total. The highest BCUT2D eigenvalue weighted by molar-refractivity contribution is 5.97. The van der Waals surface area contributed by atoms with Gasteiger partial charge >= 0.3 is 0 Å². The van der Waals surface area contributed by atoms with Crippen LogP contribution in [0.25, 0.3) is 0 Å². The second-order valence-corrected chi connectivity index (χ2v) is 8.05. The monoisotopic (exact) mass is 388 g/mol. The third-order valence-electron chi connectivity index (χ3n) is 6.40. The van der Waals surface area contributed by atoms with E-state index in [4.69, 9.17) is 0 Å². The summed E-state index contributed by atoms with van der Waals surface area (Å²) in [6.07, 6.45) is 0. The molecule has 0 N–H and O–H groups in total. The van der Waals surface area contributed by atoms with E-state index in [1.807, 2.05) is 48.5 Å². The molecule has 0 amide bonds. The van der Waals surface area contributed by atoms with Gasteiger partial charge in [0.1, 0.15) is 5.78 Å². The maximum Gasteiger partial charge on any atom is 0.149 e. The highest BCUT2D eigenvalue weighted by Crippen LogP contribution is 2.58. The zero-order chi connectivity index (χ0) is 20.3. The summed E-state index contributed by atoms with van der Waals surface area (Å²) in [4.78, 5) is 14.1. The molecule has 146 valence electrons. The van der Waals surface area contributed by atoms with Crippen LogP contribution in [0, 0.1) is 0 Å². The Morgan fingerprint density at radius 2 is 0.633 bits per heavy atom. The third kappa shape index (κ3) is 3.27. The van der Waals surface area contributed by atoms with Gasteiger partial charge in [-0.15, -0.1) is 0 Å². The van der Waals surface area contributed by atoms with Gasteiger partial charge in [-0.3, -0.25) is 4.79 Å². The molecule has 30 heavy (non-hydrogen) atoms. The van der Waals surface area contributed by atoms with Gasteiger partial charge < -0.3 is 0 Å². The second-order valence-electron chi connectivity index (χ2n) is 8.05. The fourth-order valence-corrected chi connectivity index (χ4v) is 5.18. The Balaban J connectivity index is 1.74. The average molecular weight is 389 g/mol. The quantitative estimate of drug-likeness (QED) is 0.380. The highest BCUT2D eigenvalue weighted by Gasteiger charge is 2.51. The number of rotatable bonds is 4. The average Bonchev–Trinajstić information content (AvgIpc) is 3.14. The summed E-state index contributed by atoms with van der Waals surface area (Å²) in [6, 6.07) is 41.7. The molecule has 0 saturated heterocycles. The summed E-state index contributed by atoms with van der Waals surface area (Å²) in [7, 11) is 0. The van der Waals surface area contributed by atoms with Crippen LogP contribution >= 0.6 is 0 Å². The molecular formula is C29H24O. The van der Waals surface area contributed by atoms with E-state index in [1.165, 1.54) is 11.1 Å². The fourth-order valence-electron chi connectivity index (χ4n) is 5.18. The number of hydrogen-bond donors (Lipinski definition) is 0.